The molecule has 2 aromatic rings. The van der Waals surface area contributed by atoms with Gasteiger partial charge in [-0.1, -0.05) is 6.07 Å². The molecule has 0 bridgehead atoms. The fourth-order valence-corrected chi connectivity index (χ4v) is 3.51. The fourth-order valence-electron chi connectivity index (χ4n) is 3.51. The van der Waals surface area contributed by atoms with Gasteiger partial charge >= 0.3 is 0 Å². The number of benzene rings is 1. The number of hydrogen-bond acceptors (Lipinski definition) is 6. The summed E-state index contributed by atoms with van der Waals surface area (Å²) in [5.74, 6) is 2.41. The molecule has 1 aliphatic heterocycles. The van der Waals surface area contributed by atoms with Crippen molar-refractivity contribution in [3.8, 4) is 11.5 Å². The van der Waals surface area contributed by atoms with Gasteiger partial charge in [0.05, 0.1) is 26.8 Å². The van der Waals surface area contributed by atoms with Crippen molar-refractivity contribution in [1.29, 1.82) is 0 Å². The molecule has 0 radical (unpaired) electrons. The molecule has 1 aliphatic rings. The first-order valence-corrected chi connectivity index (χ1v) is 9.52. The molecule has 2 heterocycles. The Balaban J connectivity index is 0.00000300. The lowest BCUT2D eigenvalue weighted by molar-refractivity contribution is -0.123. The minimum atomic E-state index is 0. The number of nitrogens with zero attached hydrogens (tertiary/aromatic N) is 3. The van der Waals surface area contributed by atoms with Crippen LogP contribution in [-0.4, -0.2) is 67.3 Å². The fraction of sp³-hybridized carbons (Fsp3) is 0.500. The Bertz CT molecular complexity index is 798. The van der Waals surface area contributed by atoms with Crippen LogP contribution in [0, 0.1) is 0 Å². The average molecular weight is 424 g/mol. The number of aryl methyl sites for hydroxylation is 1. The van der Waals surface area contributed by atoms with E-state index in [1.165, 1.54) is 0 Å². The number of ether oxygens (including phenoxy) is 2. The number of nitrogens with one attached hydrogen (secondary N) is 2. The molecule has 1 fully saturated rings. The second-order valence-corrected chi connectivity index (χ2v) is 6.88. The molecule has 1 saturated heterocycles. The molecule has 1 amide bonds. The Morgan fingerprint density at radius 3 is 2.79 bits per heavy atom. The summed E-state index contributed by atoms with van der Waals surface area (Å²) in [6.45, 7) is 3.43. The van der Waals surface area contributed by atoms with Gasteiger partial charge in [0.25, 0.3) is 0 Å². The third kappa shape index (κ3) is 5.85. The quantitative estimate of drug-likeness (QED) is 0.663. The second-order valence-electron chi connectivity index (χ2n) is 6.88. The van der Waals surface area contributed by atoms with E-state index in [0.717, 1.165) is 37.4 Å². The molecule has 2 N–H and O–H groups in total. The Kier molecular flexibility index (Phi) is 8.75. The summed E-state index contributed by atoms with van der Waals surface area (Å²) in [6, 6.07) is 5.92. The lowest BCUT2D eigenvalue weighted by Crippen LogP contribution is -2.50. The molecule has 9 heteroatoms. The number of carbonyl (C=O) groups excluding carboxylic acids is 1. The Labute approximate surface area is 178 Å². The maximum atomic E-state index is 12.5. The van der Waals surface area contributed by atoms with Crippen molar-refractivity contribution in [2.75, 3.05) is 46.9 Å². The van der Waals surface area contributed by atoms with Crippen LogP contribution in [0.5, 0.6) is 11.5 Å². The minimum Gasteiger partial charge on any atom is -0.493 e. The smallest absolute Gasteiger partial charge is 0.234 e. The zero-order chi connectivity index (χ0) is 19.9. The summed E-state index contributed by atoms with van der Waals surface area (Å²) < 4.78 is 12.6. The molecule has 1 aromatic carbocycles. The molecule has 160 valence electrons. The lowest BCUT2D eigenvalue weighted by atomic mass is 10.1. The van der Waals surface area contributed by atoms with Gasteiger partial charge in [-0.3, -0.25) is 9.69 Å². The zero-order valence-electron chi connectivity index (χ0n) is 17.2. The van der Waals surface area contributed by atoms with Crippen molar-refractivity contribution < 1.29 is 14.3 Å². The van der Waals surface area contributed by atoms with Gasteiger partial charge in [0, 0.05) is 45.6 Å². The van der Waals surface area contributed by atoms with Gasteiger partial charge in [-0.25, -0.2) is 4.98 Å². The molecular weight excluding hydrogens is 394 g/mol. The SMILES string of the molecule is COc1ccc(CCNC(=O)CN2CCNCC2c2nccn2C)cc1OC.Cl. The Hall–Kier alpha value is -2.29. The Morgan fingerprint density at radius 1 is 1.31 bits per heavy atom. The highest BCUT2D eigenvalue weighted by molar-refractivity contribution is 5.85. The number of piperazine rings is 1. The van der Waals surface area contributed by atoms with E-state index in [0.29, 0.717) is 24.6 Å². The van der Waals surface area contributed by atoms with E-state index in [1.54, 1.807) is 20.4 Å². The van der Waals surface area contributed by atoms with Crippen molar-refractivity contribution in [2.45, 2.75) is 12.5 Å². The molecule has 29 heavy (non-hydrogen) atoms. The Morgan fingerprint density at radius 2 is 2.10 bits per heavy atom. The molecular formula is C20H30ClN5O3. The first kappa shape index (κ1) is 23.0. The number of imidazole rings is 1. The number of methoxy groups -OCH3 is 2. The summed E-state index contributed by atoms with van der Waals surface area (Å²) in [6.07, 6.45) is 4.47. The maximum absolute atomic E-state index is 12.5. The minimum absolute atomic E-state index is 0. The van der Waals surface area contributed by atoms with Gasteiger partial charge in [0.15, 0.2) is 11.5 Å². The first-order valence-electron chi connectivity index (χ1n) is 9.52. The van der Waals surface area contributed by atoms with Crippen LogP contribution in [0.1, 0.15) is 17.4 Å². The van der Waals surface area contributed by atoms with Gasteiger partial charge in [0.2, 0.25) is 5.91 Å². The van der Waals surface area contributed by atoms with E-state index in [2.05, 4.69) is 20.5 Å². The highest BCUT2D eigenvalue weighted by Crippen LogP contribution is 2.27. The molecule has 1 atom stereocenters. The van der Waals surface area contributed by atoms with Gasteiger partial charge in [0.1, 0.15) is 5.82 Å². The van der Waals surface area contributed by atoms with Gasteiger partial charge in [-0.15, -0.1) is 12.4 Å². The van der Waals surface area contributed by atoms with Gasteiger partial charge < -0.3 is 24.7 Å². The first-order chi connectivity index (χ1) is 13.6. The largest absolute Gasteiger partial charge is 0.493 e. The van der Waals surface area contributed by atoms with E-state index in [9.17, 15) is 4.79 Å². The van der Waals surface area contributed by atoms with Crippen molar-refractivity contribution in [1.82, 2.24) is 25.1 Å². The highest BCUT2D eigenvalue weighted by Gasteiger charge is 2.28. The summed E-state index contributed by atoms with van der Waals surface area (Å²) in [4.78, 5) is 19.1. The van der Waals surface area contributed by atoms with Crippen LogP contribution < -0.4 is 20.1 Å². The third-order valence-electron chi connectivity index (χ3n) is 5.04. The third-order valence-corrected chi connectivity index (χ3v) is 5.04. The normalized spacial score (nSPS) is 16.7. The van der Waals surface area contributed by atoms with Crippen LogP contribution in [0.4, 0.5) is 0 Å². The molecule has 1 aromatic heterocycles. The van der Waals surface area contributed by atoms with Crippen molar-refractivity contribution in [3.63, 3.8) is 0 Å². The van der Waals surface area contributed by atoms with E-state index in [4.69, 9.17) is 9.47 Å². The van der Waals surface area contributed by atoms with E-state index in [-0.39, 0.29) is 24.4 Å². The maximum Gasteiger partial charge on any atom is 0.234 e. The van der Waals surface area contributed by atoms with Gasteiger partial charge in [-0.2, -0.15) is 0 Å². The predicted molar refractivity (Wildman–Crippen MR) is 114 cm³/mol. The van der Waals surface area contributed by atoms with Crippen LogP contribution >= 0.6 is 12.4 Å². The summed E-state index contributed by atoms with van der Waals surface area (Å²) in [7, 11) is 5.22. The molecule has 0 aliphatic carbocycles. The van der Waals surface area contributed by atoms with Crippen LogP contribution in [-0.2, 0) is 18.3 Å². The summed E-state index contributed by atoms with van der Waals surface area (Å²) in [5, 5.41) is 6.41. The molecule has 8 nitrogen and oxygen atoms in total. The molecule has 3 rings (SSSR count). The number of halogens is 1. The van der Waals surface area contributed by atoms with Crippen molar-refractivity contribution in [3.05, 3.63) is 42.0 Å². The summed E-state index contributed by atoms with van der Waals surface area (Å²) >= 11 is 0. The van der Waals surface area contributed by atoms with Crippen molar-refractivity contribution in [2.24, 2.45) is 7.05 Å². The average Bonchev–Trinajstić information content (AvgIpc) is 3.14. The topological polar surface area (TPSA) is 80.7 Å². The van der Waals surface area contributed by atoms with Crippen LogP contribution in [0.15, 0.2) is 30.6 Å². The summed E-state index contributed by atoms with van der Waals surface area (Å²) in [5.41, 5.74) is 1.09. The monoisotopic (exact) mass is 423 g/mol. The molecule has 0 saturated carbocycles. The van der Waals surface area contributed by atoms with Crippen molar-refractivity contribution >= 4 is 18.3 Å². The predicted octanol–water partition coefficient (Wildman–Crippen LogP) is 1.16. The molecule has 1 unspecified atom stereocenters. The van der Waals surface area contributed by atoms with E-state index in [1.807, 2.05) is 36.0 Å². The number of carbonyl (C=O) groups is 1. The number of rotatable bonds is 8. The standard InChI is InChI=1S/C20H29N5O3.ClH/c1-24-10-9-23-20(24)16-13-21-8-11-25(16)14-19(26)22-7-6-15-4-5-17(27-2)18(12-15)28-3;/h4-5,9-10,12,16,21H,6-8,11,13-14H2,1-3H3,(H,22,26);1H. The number of hydrogen-bond donors (Lipinski definition) is 2. The van der Waals surface area contributed by atoms with E-state index < -0.39 is 0 Å². The lowest BCUT2D eigenvalue weighted by Gasteiger charge is -2.35. The second kappa shape index (κ2) is 11.0. The number of aromatic nitrogens is 2. The van der Waals surface area contributed by atoms with Gasteiger partial charge in [-0.05, 0) is 24.1 Å². The van der Waals surface area contributed by atoms with Crippen LogP contribution in [0.25, 0.3) is 0 Å². The zero-order valence-corrected chi connectivity index (χ0v) is 18.0. The van der Waals surface area contributed by atoms with E-state index >= 15 is 0 Å². The highest BCUT2D eigenvalue weighted by atomic mass is 35.5. The number of amides is 1. The van der Waals surface area contributed by atoms with Crippen LogP contribution in [0.2, 0.25) is 0 Å². The van der Waals surface area contributed by atoms with Crippen LogP contribution in [0.3, 0.4) is 0 Å². The molecule has 0 spiro atoms.